The van der Waals surface area contributed by atoms with Gasteiger partial charge in [0.05, 0.1) is 19.4 Å². The number of hydrogen-bond acceptors (Lipinski definition) is 6. The lowest BCUT2D eigenvalue weighted by atomic mass is 10.2. The van der Waals surface area contributed by atoms with Crippen LogP contribution in [0.3, 0.4) is 0 Å². The number of anilines is 3. The molecule has 0 bridgehead atoms. The van der Waals surface area contributed by atoms with E-state index in [0.717, 1.165) is 54.7 Å². The number of aromatic nitrogens is 4. The molecular weight excluding hydrogens is 316 g/mol. The molecule has 2 aliphatic rings. The van der Waals surface area contributed by atoms with E-state index in [9.17, 15) is 0 Å². The van der Waals surface area contributed by atoms with Gasteiger partial charge in [-0.05, 0) is 37.1 Å². The Kier molecular flexibility index (Phi) is 3.52. The molecule has 1 aliphatic carbocycles. The van der Waals surface area contributed by atoms with E-state index < -0.39 is 0 Å². The maximum absolute atomic E-state index is 5.42. The van der Waals surface area contributed by atoms with Gasteiger partial charge in [-0.3, -0.25) is 5.10 Å². The van der Waals surface area contributed by atoms with E-state index in [1.54, 1.807) is 6.20 Å². The lowest BCUT2D eigenvalue weighted by molar-refractivity contribution is 0.122. The Morgan fingerprint density at radius 1 is 1.08 bits per heavy atom. The lowest BCUT2D eigenvalue weighted by Gasteiger charge is -2.28. The van der Waals surface area contributed by atoms with Gasteiger partial charge in [0, 0.05) is 30.4 Å². The van der Waals surface area contributed by atoms with Gasteiger partial charge in [0.15, 0.2) is 5.82 Å². The molecule has 3 heterocycles. The topological polar surface area (TPSA) is 79.0 Å². The quantitative estimate of drug-likeness (QED) is 0.763. The van der Waals surface area contributed by atoms with E-state index in [0.29, 0.717) is 5.92 Å². The molecule has 2 N–H and O–H groups in total. The molecule has 1 aromatic carbocycles. The molecular formula is C18H20N6O. The molecule has 3 aromatic rings. The fourth-order valence-electron chi connectivity index (χ4n) is 3.19. The van der Waals surface area contributed by atoms with Crippen LogP contribution in [0.2, 0.25) is 0 Å². The molecule has 0 amide bonds. The normalized spacial score (nSPS) is 17.8. The van der Waals surface area contributed by atoms with Crippen LogP contribution < -0.4 is 10.2 Å². The third-order valence-electron chi connectivity index (χ3n) is 4.77. The van der Waals surface area contributed by atoms with Crippen molar-refractivity contribution < 1.29 is 4.74 Å². The highest BCUT2D eigenvalue weighted by Crippen LogP contribution is 2.39. The van der Waals surface area contributed by atoms with E-state index in [4.69, 9.17) is 9.72 Å². The Morgan fingerprint density at radius 3 is 2.64 bits per heavy atom. The van der Waals surface area contributed by atoms with Crippen LogP contribution in [0.4, 0.5) is 17.2 Å². The Labute approximate surface area is 145 Å². The first-order valence-corrected chi connectivity index (χ1v) is 8.77. The van der Waals surface area contributed by atoms with Gasteiger partial charge in [0.25, 0.3) is 0 Å². The van der Waals surface area contributed by atoms with Crippen LogP contribution in [0.25, 0.3) is 11.0 Å². The maximum atomic E-state index is 5.42. The highest BCUT2D eigenvalue weighted by Gasteiger charge is 2.28. The zero-order valence-corrected chi connectivity index (χ0v) is 13.9. The summed E-state index contributed by atoms with van der Waals surface area (Å²) in [6, 6.07) is 8.46. The second kappa shape index (κ2) is 6.00. The smallest absolute Gasteiger partial charge is 0.160 e. The van der Waals surface area contributed by atoms with Crippen molar-refractivity contribution in [3.05, 3.63) is 36.3 Å². The van der Waals surface area contributed by atoms with Gasteiger partial charge in [-0.2, -0.15) is 5.10 Å². The average molecular weight is 336 g/mol. The minimum atomic E-state index is 0.503. The molecule has 0 spiro atoms. The molecule has 2 aromatic heterocycles. The number of aromatic amines is 1. The van der Waals surface area contributed by atoms with E-state index in [1.165, 1.54) is 18.5 Å². The summed E-state index contributed by atoms with van der Waals surface area (Å²) in [4.78, 5) is 11.7. The van der Waals surface area contributed by atoms with E-state index in [1.807, 2.05) is 0 Å². The van der Waals surface area contributed by atoms with E-state index >= 15 is 0 Å². The van der Waals surface area contributed by atoms with Crippen molar-refractivity contribution in [2.45, 2.75) is 18.8 Å². The first kappa shape index (κ1) is 14.7. The summed E-state index contributed by atoms with van der Waals surface area (Å²) >= 11 is 0. The van der Waals surface area contributed by atoms with Crippen molar-refractivity contribution in [1.29, 1.82) is 0 Å². The Hall–Kier alpha value is -2.67. The molecule has 1 aliphatic heterocycles. The molecule has 5 rings (SSSR count). The van der Waals surface area contributed by atoms with Gasteiger partial charge in [0.2, 0.25) is 0 Å². The van der Waals surface area contributed by atoms with Crippen LogP contribution >= 0.6 is 0 Å². The zero-order chi connectivity index (χ0) is 16.6. The summed E-state index contributed by atoms with van der Waals surface area (Å²) in [7, 11) is 0. The van der Waals surface area contributed by atoms with Crippen molar-refractivity contribution >= 4 is 28.2 Å². The number of nitrogens with one attached hydrogen (secondary N) is 2. The van der Waals surface area contributed by atoms with Crippen molar-refractivity contribution in [2.75, 3.05) is 36.5 Å². The van der Waals surface area contributed by atoms with Crippen LogP contribution in [-0.2, 0) is 4.74 Å². The van der Waals surface area contributed by atoms with Crippen molar-refractivity contribution in [3.8, 4) is 0 Å². The first-order chi connectivity index (χ1) is 12.4. The summed E-state index contributed by atoms with van der Waals surface area (Å²) in [5.41, 5.74) is 3.95. The van der Waals surface area contributed by atoms with Crippen molar-refractivity contribution in [2.24, 2.45) is 0 Å². The number of rotatable bonds is 4. The Bertz CT molecular complexity index is 880. The standard InChI is InChI=1S/C18H20N6O/c1-2-12(1)17-21-15-11-19-23-16(15)18(22-17)20-13-3-5-14(6-4-13)24-7-9-25-10-8-24/h3-6,11-12H,1-2,7-10H2,(H,19,23)(H,20,21,22). The molecule has 2 fully saturated rings. The highest BCUT2D eigenvalue weighted by atomic mass is 16.5. The highest BCUT2D eigenvalue weighted by molar-refractivity contribution is 5.86. The predicted octanol–water partition coefficient (Wildman–Crippen LogP) is 2.81. The second-order valence-electron chi connectivity index (χ2n) is 6.61. The van der Waals surface area contributed by atoms with E-state index in [-0.39, 0.29) is 0 Å². The monoisotopic (exact) mass is 336 g/mol. The Balaban J connectivity index is 1.41. The van der Waals surface area contributed by atoms with Crippen LogP contribution in [0.5, 0.6) is 0 Å². The minimum Gasteiger partial charge on any atom is -0.378 e. The fraction of sp³-hybridized carbons (Fsp3) is 0.389. The number of benzene rings is 1. The predicted molar refractivity (Wildman–Crippen MR) is 96.4 cm³/mol. The summed E-state index contributed by atoms with van der Waals surface area (Å²) < 4.78 is 5.42. The van der Waals surface area contributed by atoms with Crippen LogP contribution in [-0.4, -0.2) is 46.5 Å². The van der Waals surface area contributed by atoms with Crippen LogP contribution in [0, 0.1) is 0 Å². The summed E-state index contributed by atoms with van der Waals surface area (Å²) in [6.07, 6.45) is 4.11. The number of nitrogens with zero attached hydrogens (tertiary/aromatic N) is 4. The minimum absolute atomic E-state index is 0.503. The Morgan fingerprint density at radius 2 is 1.88 bits per heavy atom. The fourth-order valence-corrected chi connectivity index (χ4v) is 3.19. The van der Waals surface area contributed by atoms with E-state index in [2.05, 4.69) is 49.7 Å². The molecule has 128 valence electrons. The number of ether oxygens (including phenoxy) is 1. The number of H-pyrrole nitrogens is 1. The molecule has 7 nitrogen and oxygen atoms in total. The van der Waals surface area contributed by atoms with Crippen LogP contribution in [0.1, 0.15) is 24.6 Å². The SMILES string of the molecule is c1cc(N2CCOCC2)ccc1Nc1nc(C2CC2)nc2cn[nH]c12. The number of hydrogen-bond donors (Lipinski definition) is 2. The van der Waals surface area contributed by atoms with Gasteiger partial charge >= 0.3 is 0 Å². The summed E-state index contributed by atoms with van der Waals surface area (Å²) in [5, 5.41) is 10.5. The number of fused-ring (bicyclic) bond motifs is 1. The third-order valence-corrected chi connectivity index (χ3v) is 4.77. The molecule has 1 saturated heterocycles. The largest absolute Gasteiger partial charge is 0.378 e. The lowest BCUT2D eigenvalue weighted by Crippen LogP contribution is -2.36. The molecule has 0 atom stereocenters. The van der Waals surface area contributed by atoms with Gasteiger partial charge in [-0.25, -0.2) is 9.97 Å². The van der Waals surface area contributed by atoms with Crippen molar-refractivity contribution in [1.82, 2.24) is 20.2 Å². The number of morpholine rings is 1. The van der Waals surface area contributed by atoms with Gasteiger partial charge in [0.1, 0.15) is 16.9 Å². The second-order valence-corrected chi connectivity index (χ2v) is 6.61. The summed E-state index contributed by atoms with van der Waals surface area (Å²) in [6.45, 7) is 3.47. The molecule has 0 radical (unpaired) electrons. The van der Waals surface area contributed by atoms with Gasteiger partial charge in [-0.15, -0.1) is 0 Å². The molecule has 0 unspecified atom stereocenters. The molecule has 25 heavy (non-hydrogen) atoms. The maximum Gasteiger partial charge on any atom is 0.160 e. The van der Waals surface area contributed by atoms with Crippen LogP contribution in [0.15, 0.2) is 30.5 Å². The summed E-state index contributed by atoms with van der Waals surface area (Å²) in [5.74, 6) is 2.22. The molecule has 1 saturated carbocycles. The van der Waals surface area contributed by atoms with Gasteiger partial charge in [-0.1, -0.05) is 0 Å². The van der Waals surface area contributed by atoms with Gasteiger partial charge < -0.3 is 15.0 Å². The van der Waals surface area contributed by atoms with Crippen molar-refractivity contribution in [3.63, 3.8) is 0 Å². The third kappa shape index (κ3) is 2.91. The molecule has 7 heteroatoms. The zero-order valence-electron chi connectivity index (χ0n) is 13.9. The average Bonchev–Trinajstić information content (AvgIpc) is 3.41. The first-order valence-electron chi connectivity index (χ1n) is 8.77.